The van der Waals surface area contributed by atoms with E-state index in [1.54, 1.807) is 12.3 Å². The lowest BCUT2D eigenvalue weighted by Gasteiger charge is -2.23. The van der Waals surface area contributed by atoms with Crippen molar-refractivity contribution in [3.8, 4) is 0 Å². The molecular weight excluding hydrogens is 188 g/mol. The van der Waals surface area contributed by atoms with Crippen molar-refractivity contribution in [3.05, 3.63) is 24.4 Å². The van der Waals surface area contributed by atoms with E-state index in [2.05, 4.69) is 31.1 Å². The maximum Gasteiger partial charge on any atom is 0.179 e. The van der Waals surface area contributed by atoms with Gasteiger partial charge in [-0.3, -0.25) is 4.79 Å². The second-order valence-corrected chi connectivity index (χ2v) is 3.80. The van der Waals surface area contributed by atoms with Gasteiger partial charge in [-0.05, 0) is 25.1 Å². The Morgan fingerprint density at radius 1 is 1.67 bits per heavy atom. The van der Waals surface area contributed by atoms with Crippen molar-refractivity contribution < 1.29 is 4.79 Å². The maximum atomic E-state index is 11.9. The van der Waals surface area contributed by atoms with Gasteiger partial charge in [0.05, 0.1) is 0 Å². The maximum absolute atomic E-state index is 11.9. The zero-order chi connectivity index (χ0) is 11.3. The normalized spacial score (nSPS) is 26.8. The van der Waals surface area contributed by atoms with E-state index in [0.717, 1.165) is 19.4 Å². The second kappa shape index (κ2) is 5.71. The Bertz CT molecular complexity index is 271. The zero-order valence-corrected chi connectivity index (χ0v) is 9.55. The van der Waals surface area contributed by atoms with Crippen molar-refractivity contribution >= 4 is 5.78 Å². The molecule has 0 radical (unpaired) electrons. The van der Waals surface area contributed by atoms with E-state index < -0.39 is 0 Å². The van der Waals surface area contributed by atoms with E-state index in [0.29, 0.717) is 0 Å². The van der Waals surface area contributed by atoms with Crippen LogP contribution in [0.2, 0.25) is 0 Å². The highest BCUT2D eigenvalue weighted by molar-refractivity contribution is 5.96. The van der Waals surface area contributed by atoms with Gasteiger partial charge in [-0.15, -0.1) is 0 Å². The molecule has 84 valence electrons. The summed E-state index contributed by atoms with van der Waals surface area (Å²) < 4.78 is 0. The highest BCUT2D eigenvalue weighted by Crippen LogP contribution is 2.10. The summed E-state index contributed by atoms with van der Waals surface area (Å²) in [4.78, 5) is 11.9. The van der Waals surface area contributed by atoms with Gasteiger partial charge in [-0.25, -0.2) is 0 Å². The van der Waals surface area contributed by atoms with Gasteiger partial charge in [0.2, 0.25) is 0 Å². The van der Waals surface area contributed by atoms with Gasteiger partial charge in [0.1, 0.15) is 6.04 Å². The zero-order valence-electron chi connectivity index (χ0n) is 9.55. The quantitative estimate of drug-likeness (QED) is 0.733. The second-order valence-electron chi connectivity index (χ2n) is 3.80. The fourth-order valence-electron chi connectivity index (χ4n) is 1.85. The van der Waals surface area contributed by atoms with Gasteiger partial charge in [-0.2, -0.15) is 0 Å². The molecule has 3 nitrogen and oxygen atoms in total. The van der Waals surface area contributed by atoms with Crippen LogP contribution in [0, 0.1) is 0 Å². The summed E-state index contributed by atoms with van der Waals surface area (Å²) in [6.07, 6.45) is 5.22. The van der Waals surface area contributed by atoms with Crippen molar-refractivity contribution in [3.63, 3.8) is 0 Å². The van der Waals surface area contributed by atoms with E-state index in [-0.39, 0.29) is 17.9 Å². The first kappa shape index (κ1) is 12.0. The summed E-state index contributed by atoms with van der Waals surface area (Å²) in [6.45, 7) is 8.59. The van der Waals surface area contributed by atoms with Crippen molar-refractivity contribution in [2.24, 2.45) is 0 Å². The lowest BCUT2D eigenvalue weighted by atomic mass is 10.0. The van der Waals surface area contributed by atoms with E-state index in [4.69, 9.17) is 0 Å². The van der Waals surface area contributed by atoms with E-state index >= 15 is 0 Å². The molecule has 0 saturated carbocycles. The summed E-state index contributed by atoms with van der Waals surface area (Å²) in [5.74, 6) is 0.156. The molecule has 0 aromatic carbocycles. The number of hydrogen-bond donors (Lipinski definition) is 2. The van der Waals surface area contributed by atoms with Crippen LogP contribution in [0.1, 0.15) is 26.7 Å². The molecule has 0 aromatic heterocycles. The number of carbonyl (C=O) groups excluding carboxylic acids is 1. The van der Waals surface area contributed by atoms with Crippen LogP contribution < -0.4 is 10.6 Å². The minimum atomic E-state index is -0.170. The van der Waals surface area contributed by atoms with Crippen molar-refractivity contribution in [1.29, 1.82) is 0 Å². The van der Waals surface area contributed by atoms with Crippen LogP contribution in [-0.2, 0) is 4.79 Å². The van der Waals surface area contributed by atoms with Crippen LogP contribution in [0.4, 0.5) is 0 Å². The lowest BCUT2D eigenvalue weighted by Crippen LogP contribution is -2.49. The Balaban J connectivity index is 2.83. The van der Waals surface area contributed by atoms with E-state index in [1.807, 2.05) is 0 Å². The first-order valence-corrected chi connectivity index (χ1v) is 5.56. The third-order valence-corrected chi connectivity index (χ3v) is 2.84. The van der Waals surface area contributed by atoms with Crippen molar-refractivity contribution in [2.75, 3.05) is 6.54 Å². The molecule has 0 saturated heterocycles. The lowest BCUT2D eigenvalue weighted by molar-refractivity contribution is -0.116. The Hall–Kier alpha value is -1.09. The molecule has 1 aliphatic rings. The monoisotopic (exact) mass is 208 g/mol. The molecule has 1 rings (SSSR count). The molecule has 2 unspecified atom stereocenters. The summed E-state index contributed by atoms with van der Waals surface area (Å²) in [7, 11) is 0. The van der Waals surface area contributed by atoms with Crippen molar-refractivity contribution in [1.82, 2.24) is 10.6 Å². The number of ketones is 1. The van der Waals surface area contributed by atoms with Crippen LogP contribution in [0.15, 0.2) is 24.4 Å². The smallest absolute Gasteiger partial charge is 0.179 e. The topological polar surface area (TPSA) is 41.1 Å². The third kappa shape index (κ3) is 2.93. The van der Waals surface area contributed by atoms with Gasteiger partial charge in [0.15, 0.2) is 5.78 Å². The summed E-state index contributed by atoms with van der Waals surface area (Å²) in [5, 5.41) is 6.43. The van der Waals surface area contributed by atoms with Crippen LogP contribution >= 0.6 is 0 Å². The molecule has 15 heavy (non-hydrogen) atoms. The SMILES string of the molecule is C=CNC1C(=O)C=C(CC)CNC1CC. The Kier molecular flexibility index (Phi) is 4.56. The standard InChI is InChI=1S/C12H20N2O/c1-4-9-7-11(15)12(13-6-3)10(5-2)14-8-9/h6-7,10,12-14H,3-5,8H2,1-2H3. The van der Waals surface area contributed by atoms with Gasteiger partial charge in [0.25, 0.3) is 0 Å². The van der Waals surface area contributed by atoms with Gasteiger partial charge in [0, 0.05) is 12.6 Å². The molecule has 0 amide bonds. The molecule has 0 bridgehead atoms. The van der Waals surface area contributed by atoms with Crippen LogP contribution in [0.3, 0.4) is 0 Å². The fourth-order valence-corrected chi connectivity index (χ4v) is 1.85. The summed E-state index contributed by atoms with van der Waals surface area (Å²) in [6, 6.07) is 0.0207. The Morgan fingerprint density at radius 2 is 2.40 bits per heavy atom. The first-order valence-electron chi connectivity index (χ1n) is 5.56. The number of hydrogen-bond acceptors (Lipinski definition) is 3. The highest BCUT2D eigenvalue weighted by atomic mass is 16.1. The fraction of sp³-hybridized carbons (Fsp3) is 0.583. The Labute approximate surface area is 91.6 Å². The van der Waals surface area contributed by atoms with Gasteiger partial charge >= 0.3 is 0 Å². The minimum Gasteiger partial charge on any atom is -0.380 e. The predicted octanol–water partition coefficient (Wildman–Crippen LogP) is 1.38. The molecule has 0 fully saturated rings. The number of carbonyl (C=O) groups is 1. The molecule has 2 atom stereocenters. The predicted molar refractivity (Wildman–Crippen MR) is 62.6 cm³/mol. The number of rotatable bonds is 4. The molecular formula is C12H20N2O. The molecule has 0 spiro atoms. The molecule has 1 heterocycles. The molecule has 1 aliphatic heterocycles. The molecule has 2 N–H and O–H groups in total. The molecule has 0 aliphatic carbocycles. The average molecular weight is 208 g/mol. The van der Waals surface area contributed by atoms with Crippen LogP contribution in [-0.4, -0.2) is 24.4 Å². The number of nitrogens with one attached hydrogen (secondary N) is 2. The third-order valence-electron chi connectivity index (χ3n) is 2.84. The first-order chi connectivity index (χ1) is 7.22. The highest BCUT2D eigenvalue weighted by Gasteiger charge is 2.26. The van der Waals surface area contributed by atoms with Crippen LogP contribution in [0.25, 0.3) is 0 Å². The summed E-state index contributed by atoms with van der Waals surface area (Å²) >= 11 is 0. The average Bonchev–Trinajstić information content (AvgIpc) is 2.39. The Morgan fingerprint density at radius 3 is 2.93 bits per heavy atom. The van der Waals surface area contributed by atoms with Crippen LogP contribution in [0.5, 0.6) is 0 Å². The minimum absolute atomic E-state index is 0.156. The van der Waals surface area contributed by atoms with E-state index in [9.17, 15) is 4.79 Å². The van der Waals surface area contributed by atoms with E-state index in [1.165, 1.54) is 5.57 Å². The van der Waals surface area contributed by atoms with Gasteiger partial charge < -0.3 is 10.6 Å². The van der Waals surface area contributed by atoms with Gasteiger partial charge in [-0.1, -0.05) is 26.0 Å². The largest absolute Gasteiger partial charge is 0.380 e. The molecule has 3 heteroatoms. The summed E-state index contributed by atoms with van der Waals surface area (Å²) in [5.41, 5.74) is 1.17. The van der Waals surface area contributed by atoms with Crippen molar-refractivity contribution in [2.45, 2.75) is 38.8 Å². The molecule has 0 aromatic rings.